The second-order valence-corrected chi connectivity index (χ2v) is 12.7. The van der Waals surface area contributed by atoms with Gasteiger partial charge in [0.05, 0.1) is 16.4 Å². The minimum absolute atomic E-state index is 0.00548. The molecule has 0 unspecified atom stereocenters. The molecule has 6 nitrogen and oxygen atoms in total. The first kappa shape index (κ1) is 24.9. The molecule has 2 rings (SSSR count). The molecule has 0 bridgehead atoms. The molecule has 0 atom stereocenters. The maximum Gasteiger partial charge on any atom is 0.416 e. The van der Waals surface area contributed by atoms with Gasteiger partial charge in [-0.1, -0.05) is 47.8 Å². The number of alkyl halides is 7. The molecule has 13 heteroatoms. The van der Waals surface area contributed by atoms with Gasteiger partial charge in [0.2, 0.25) is 0 Å². The summed E-state index contributed by atoms with van der Waals surface area (Å²) in [5, 5.41) is 11.2. The van der Waals surface area contributed by atoms with Crippen molar-refractivity contribution in [3.63, 3.8) is 0 Å². The van der Waals surface area contributed by atoms with E-state index in [1.807, 2.05) is 0 Å². The van der Waals surface area contributed by atoms with E-state index < -0.39 is 30.5 Å². The largest absolute Gasteiger partial charge is 0.461 e. The molecule has 2 aromatic carbocycles. The van der Waals surface area contributed by atoms with Gasteiger partial charge in [-0.15, -0.1) is 11.6 Å². The molecule has 0 saturated heterocycles. The van der Waals surface area contributed by atoms with Crippen LogP contribution in [0.1, 0.15) is 21.5 Å². The van der Waals surface area contributed by atoms with Gasteiger partial charge in [0, 0.05) is 17.7 Å². The fourth-order valence-corrected chi connectivity index (χ4v) is 3.26. The van der Waals surface area contributed by atoms with Gasteiger partial charge in [-0.25, -0.2) is 4.79 Å². The average molecular weight is 640 g/mol. The van der Waals surface area contributed by atoms with E-state index in [0.717, 1.165) is 30.3 Å². The highest BCUT2D eigenvalue weighted by atomic mass is 80.0. The van der Waals surface area contributed by atoms with Crippen molar-refractivity contribution in [1.29, 1.82) is 0 Å². The van der Waals surface area contributed by atoms with E-state index in [4.69, 9.17) is 21.1 Å². The molecule has 0 heterocycles. The van der Waals surface area contributed by atoms with E-state index in [-0.39, 0.29) is 35.1 Å². The number of carbonyl (C=O) groups is 1. The van der Waals surface area contributed by atoms with E-state index in [1.165, 1.54) is 6.07 Å². The molecular formula is C17H10Br3ClF3NO5. The number of halogens is 7. The number of nitro benzene ring substituents is 1. The molecule has 0 amide bonds. The number of nitro groups is 1. The molecule has 0 aliphatic rings. The summed E-state index contributed by atoms with van der Waals surface area (Å²) >= 11 is 14.9. The molecule has 0 saturated carbocycles. The molecule has 0 N–H and O–H groups in total. The molecule has 162 valence electrons. The monoisotopic (exact) mass is 637 g/mol. The zero-order chi connectivity index (χ0) is 22.7. The first-order chi connectivity index (χ1) is 13.8. The first-order valence-electron chi connectivity index (χ1n) is 7.82. The number of hydrogen-bond acceptors (Lipinski definition) is 5. The van der Waals surface area contributed by atoms with Crippen molar-refractivity contribution in [2.45, 2.75) is 8.32 Å². The van der Waals surface area contributed by atoms with Crippen LogP contribution in [0.4, 0.5) is 18.9 Å². The van der Waals surface area contributed by atoms with E-state index in [0.29, 0.717) is 0 Å². The van der Waals surface area contributed by atoms with Gasteiger partial charge in [-0.05, 0) is 24.3 Å². The Morgan fingerprint density at radius 2 is 1.80 bits per heavy atom. The maximum absolute atomic E-state index is 13.1. The van der Waals surface area contributed by atoms with Gasteiger partial charge in [-0.3, -0.25) is 10.1 Å². The van der Waals surface area contributed by atoms with Crippen molar-refractivity contribution in [3.05, 3.63) is 63.2 Å². The minimum Gasteiger partial charge on any atom is -0.461 e. The number of carbonyl (C=O) groups excluding carboxylic acids is 1. The van der Waals surface area contributed by atoms with Crippen LogP contribution < -0.4 is 4.74 Å². The Balaban J connectivity index is 2.49. The number of hydrogen-bond donors (Lipinski definition) is 0. The lowest BCUT2D eigenvalue weighted by atomic mass is 10.1. The Bertz CT molecular complexity index is 967. The van der Waals surface area contributed by atoms with Gasteiger partial charge >= 0.3 is 12.1 Å². The topological polar surface area (TPSA) is 78.7 Å². The molecule has 0 aliphatic heterocycles. The van der Waals surface area contributed by atoms with Crippen molar-refractivity contribution in [1.82, 2.24) is 0 Å². The van der Waals surface area contributed by atoms with Crippen LogP contribution in [0.5, 0.6) is 11.5 Å². The lowest BCUT2D eigenvalue weighted by Crippen LogP contribution is -2.11. The predicted octanol–water partition coefficient (Wildman–Crippen LogP) is 7.10. The van der Waals surface area contributed by atoms with Gasteiger partial charge in [-0.2, -0.15) is 13.2 Å². The normalized spacial score (nSPS) is 11.8. The fraction of sp³-hybridized carbons (Fsp3) is 0.235. The standard InChI is InChI=1S/C17H10Br3ClF3NO5/c18-16(19,20)12-7-9(17(22,23)24)1-4-14(12)30-10-2-3-13(25(27)28)11(8-10)15(26)29-6-5-21/h1-4,7-8H,5-6H2. The second kappa shape index (κ2) is 9.84. The number of rotatable bonds is 6. The van der Waals surface area contributed by atoms with Gasteiger partial charge in [0.15, 0.2) is 2.14 Å². The summed E-state index contributed by atoms with van der Waals surface area (Å²) < 4.78 is 48.4. The molecule has 0 radical (unpaired) electrons. The maximum atomic E-state index is 13.1. The van der Waals surface area contributed by atoms with Crippen LogP contribution in [0.25, 0.3) is 0 Å². The Morgan fingerprint density at radius 1 is 1.13 bits per heavy atom. The zero-order valence-corrected chi connectivity index (χ0v) is 20.0. The van der Waals surface area contributed by atoms with Gasteiger partial charge in [0.1, 0.15) is 23.7 Å². The average Bonchev–Trinajstić information content (AvgIpc) is 2.64. The summed E-state index contributed by atoms with van der Waals surface area (Å²) in [7, 11) is 0. The van der Waals surface area contributed by atoms with Gasteiger partial charge in [0.25, 0.3) is 5.69 Å². The van der Waals surface area contributed by atoms with Crippen LogP contribution in [0.2, 0.25) is 0 Å². The van der Waals surface area contributed by atoms with Crippen molar-refractivity contribution < 1.29 is 32.4 Å². The van der Waals surface area contributed by atoms with E-state index in [1.54, 1.807) is 0 Å². The Morgan fingerprint density at radius 3 is 2.33 bits per heavy atom. The SMILES string of the molecule is O=C(OCCCl)c1cc(Oc2ccc(C(F)(F)F)cc2C(Br)(Br)Br)ccc1[N+](=O)[O-]. The molecule has 0 aromatic heterocycles. The summed E-state index contributed by atoms with van der Waals surface area (Å²) in [4.78, 5) is 22.5. The lowest BCUT2D eigenvalue weighted by molar-refractivity contribution is -0.385. The van der Waals surface area contributed by atoms with Crippen LogP contribution >= 0.6 is 59.4 Å². The summed E-state index contributed by atoms with van der Waals surface area (Å²) in [5.74, 6) is -1.04. The van der Waals surface area contributed by atoms with E-state index in [9.17, 15) is 28.1 Å². The molecule has 0 fully saturated rings. The highest BCUT2D eigenvalue weighted by Gasteiger charge is 2.35. The molecule has 0 spiro atoms. The number of ether oxygens (including phenoxy) is 2. The van der Waals surface area contributed by atoms with Crippen molar-refractivity contribution in [2.24, 2.45) is 0 Å². The minimum atomic E-state index is -4.59. The quantitative estimate of drug-likeness (QED) is 0.146. The highest BCUT2D eigenvalue weighted by molar-refractivity contribution is 9.38. The summed E-state index contributed by atoms with van der Waals surface area (Å²) in [6, 6.07) is 6.06. The molecule has 2 aromatic rings. The van der Waals surface area contributed by atoms with E-state index in [2.05, 4.69) is 47.8 Å². The Kier molecular flexibility index (Phi) is 8.16. The van der Waals surface area contributed by atoms with Crippen LogP contribution in [-0.2, 0) is 13.1 Å². The van der Waals surface area contributed by atoms with Crippen molar-refractivity contribution in [2.75, 3.05) is 12.5 Å². The lowest BCUT2D eigenvalue weighted by Gasteiger charge is -2.20. The van der Waals surface area contributed by atoms with E-state index >= 15 is 0 Å². The molecule has 30 heavy (non-hydrogen) atoms. The third-order valence-corrected chi connectivity index (χ3v) is 4.97. The summed E-state index contributed by atoms with van der Waals surface area (Å²) in [6.07, 6.45) is -4.59. The number of benzene rings is 2. The predicted molar refractivity (Wildman–Crippen MR) is 114 cm³/mol. The van der Waals surface area contributed by atoms with Crippen LogP contribution in [0.3, 0.4) is 0 Å². The zero-order valence-electron chi connectivity index (χ0n) is 14.5. The van der Waals surface area contributed by atoms with Crippen molar-refractivity contribution >= 4 is 71.0 Å². The number of nitrogens with zero attached hydrogens (tertiary/aromatic N) is 1. The number of esters is 1. The second-order valence-electron chi connectivity index (χ2n) is 5.57. The molecular weight excluding hydrogens is 630 g/mol. The third-order valence-electron chi connectivity index (χ3n) is 3.54. The van der Waals surface area contributed by atoms with Crippen LogP contribution in [0, 0.1) is 10.1 Å². The summed E-state index contributed by atoms with van der Waals surface area (Å²) in [6.45, 7) is -0.162. The highest BCUT2D eigenvalue weighted by Crippen LogP contribution is 2.50. The fourth-order valence-electron chi connectivity index (χ4n) is 2.25. The van der Waals surface area contributed by atoms with Crippen LogP contribution in [-0.4, -0.2) is 23.4 Å². The Labute approximate surface area is 198 Å². The molecule has 0 aliphatic carbocycles. The smallest absolute Gasteiger partial charge is 0.416 e. The first-order valence-corrected chi connectivity index (χ1v) is 10.7. The Hall–Kier alpha value is -1.37. The summed E-state index contributed by atoms with van der Waals surface area (Å²) in [5.41, 5.74) is -1.80. The van der Waals surface area contributed by atoms with Gasteiger partial charge < -0.3 is 9.47 Å². The van der Waals surface area contributed by atoms with Crippen LogP contribution in [0.15, 0.2) is 36.4 Å². The van der Waals surface area contributed by atoms with Crippen molar-refractivity contribution in [3.8, 4) is 11.5 Å². The third kappa shape index (κ3) is 6.32.